The van der Waals surface area contributed by atoms with Gasteiger partial charge in [-0.3, -0.25) is 0 Å². The minimum atomic E-state index is -3.09. The molecular formula is C10H22N2O3S. The molecule has 0 radical (unpaired) electrons. The van der Waals surface area contributed by atoms with Crippen molar-refractivity contribution in [2.45, 2.75) is 25.3 Å². The Morgan fingerprint density at radius 3 is 2.69 bits per heavy atom. The molecule has 96 valence electrons. The van der Waals surface area contributed by atoms with Gasteiger partial charge in [-0.1, -0.05) is 0 Å². The zero-order valence-electron chi connectivity index (χ0n) is 10.1. The fourth-order valence-corrected chi connectivity index (χ4v) is 2.50. The molecule has 1 saturated carbocycles. The summed E-state index contributed by atoms with van der Waals surface area (Å²) in [6.45, 7) is 1.68. The average molecular weight is 250 g/mol. The third kappa shape index (κ3) is 5.25. The summed E-state index contributed by atoms with van der Waals surface area (Å²) in [5.74, 6) is 0.187. The van der Waals surface area contributed by atoms with Crippen LogP contribution in [0.15, 0.2) is 0 Å². The van der Waals surface area contributed by atoms with Crippen LogP contribution in [0.4, 0.5) is 0 Å². The van der Waals surface area contributed by atoms with Crippen LogP contribution in [0.3, 0.4) is 0 Å². The third-order valence-electron chi connectivity index (χ3n) is 2.67. The van der Waals surface area contributed by atoms with Crippen molar-refractivity contribution >= 4 is 10.0 Å². The lowest BCUT2D eigenvalue weighted by atomic mass is 10.5. The molecule has 1 rings (SSSR count). The Balaban J connectivity index is 2.18. The first kappa shape index (κ1) is 13.9. The van der Waals surface area contributed by atoms with Gasteiger partial charge in [0.2, 0.25) is 10.0 Å². The second kappa shape index (κ2) is 6.54. The molecule has 6 heteroatoms. The molecule has 5 nitrogen and oxygen atoms in total. The van der Waals surface area contributed by atoms with Gasteiger partial charge >= 0.3 is 0 Å². The maximum Gasteiger partial charge on any atom is 0.215 e. The van der Waals surface area contributed by atoms with Gasteiger partial charge in [0.1, 0.15) is 0 Å². The van der Waals surface area contributed by atoms with Gasteiger partial charge in [0.05, 0.1) is 5.75 Å². The molecule has 1 fully saturated rings. The molecule has 1 aliphatic rings. The van der Waals surface area contributed by atoms with Crippen molar-refractivity contribution in [3.05, 3.63) is 0 Å². The maximum atomic E-state index is 11.8. The molecule has 0 spiro atoms. The summed E-state index contributed by atoms with van der Waals surface area (Å²) in [6.07, 6.45) is 3.11. The Kier molecular flexibility index (Phi) is 5.68. The van der Waals surface area contributed by atoms with Crippen LogP contribution < -0.4 is 5.32 Å². The zero-order chi connectivity index (χ0) is 12.0. The van der Waals surface area contributed by atoms with Gasteiger partial charge in [0, 0.05) is 39.9 Å². The van der Waals surface area contributed by atoms with Crippen molar-refractivity contribution in [1.82, 2.24) is 9.62 Å². The summed E-state index contributed by atoms with van der Waals surface area (Å²) in [4.78, 5) is 0. The van der Waals surface area contributed by atoms with E-state index in [0.717, 1.165) is 6.42 Å². The number of rotatable bonds is 9. The molecule has 0 aromatic carbocycles. The van der Waals surface area contributed by atoms with Gasteiger partial charge in [-0.15, -0.1) is 0 Å². The minimum Gasteiger partial charge on any atom is -0.385 e. The summed E-state index contributed by atoms with van der Waals surface area (Å²) in [5, 5.41) is 3.20. The van der Waals surface area contributed by atoms with Crippen molar-refractivity contribution < 1.29 is 13.2 Å². The summed E-state index contributed by atoms with van der Waals surface area (Å²) >= 11 is 0. The lowest BCUT2D eigenvalue weighted by Crippen LogP contribution is -2.35. The fourth-order valence-electron chi connectivity index (χ4n) is 1.41. The highest BCUT2D eigenvalue weighted by Gasteiger charge is 2.22. The minimum absolute atomic E-state index is 0.187. The lowest BCUT2D eigenvalue weighted by Gasteiger charge is -2.16. The Hall–Kier alpha value is -0.170. The van der Waals surface area contributed by atoms with E-state index >= 15 is 0 Å². The molecule has 0 aromatic heterocycles. The van der Waals surface area contributed by atoms with Crippen LogP contribution in [0.1, 0.15) is 19.3 Å². The quantitative estimate of drug-likeness (QED) is 0.587. The smallest absolute Gasteiger partial charge is 0.215 e. The summed E-state index contributed by atoms with van der Waals surface area (Å²) < 4.78 is 29.9. The first-order valence-electron chi connectivity index (χ1n) is 5.72. The van der Waals surface area contributed by atoms with Crippen LogP contribution in [0.25, 0.3) is 0 Å². The Morgan fingerprint density at radius 1 is 1.44 bits per heavy atom. The summed E-state index contributed by atoms with van der Waals surface area (Å²) in [5.41, 5.74) is 0. The molecule has 1 aliphatic carbocycles. The second-order valence-corrected chi connectivity index (χ2v) is 6.41. The van der Waals surface area contributed by atoms with Crippen LogP contribution in [-0.4, -0.2) is 58.4 Å². The van der Waals surface area contributed by atoms with Gasteiger partial charge in [-0.05, 0) is 19.3 Å². The SMILES string of the molecule is COCCCN(C)S(=O)(=O)CCNC1CC1. The molecule has 1 N–H and O–H groups in total. The normalized spacial score (nSPS) is 16.9. The molecule has 0 saturated heterocycles. The van der Waals surface area contributed by atoms with Crippen molar-refractivity contribution in [3.63, 3.8) is 0 Å². The van der Waals surface area contributed by atoms with E-state index < -0.39 is 10.0 Å². The predicted octanol–water partition coefficient (Wildman–Crippen LogP) is 0.0365. The maximum absolute atomic E-state index is 11.8. The van der Waals surface area contributed by atoms with Gasteiger partial charge in [0.25, 0.3) is 0 Å². The highest BCUT2D eigenvalue weighted by Crippen LogP contribution is 2.18. The van der Waals surface area contributed by atoms with Crippen LogP contribution >= 0.6 is 0 Å². The first-order valence-corrected chi connectivity index (χ1v) is 7.33. The number of nitrogens with one attached hydrogen (secondary N) is 1. The summed E-state index contributed by atoms with van der Waals surface area (Å²) in [7, 11) is 0.153. The van der Waals surface area contributed by atoms with Crippen molar-refractivity contribution in [1.29, 1.82) is 0 Å². The van der Waals surface area contributed by atoms with Crippen LogP contribution in [-0.2, 0) is 14.8 Å². The highest BCUT2D eigenvalue weighted by atomic mass is 32.2. The molecule has 0 aromatic rings. The molecule has 0 amide bonds. The highest BCUT2D eigenvalue weighted by molar-refractivity contribution is 7.89. The van der Waals surface area contributed by atoms with Crippen molar-refractivity contribution in [2.24, 2.45) is 0 Å². The molecule has 0 atom stereocenters. The topological polar surface area (TPSA) is 58.6 Å². The molecule has 0 aliphatic heterocycles. The number of ether oxygens (including phenoxy) is 1. The van der Waals surface area contributed by atoms with Gasteiger partial charge in [0.15, 0.2) is 0 Å². The van der Waals surface area contributed by atoms with Gasteiger partial charge in [-0.2, -0.15) is 0 Å². The van der Waals surface area contributed by atoms with E-state index in [4.69, 9.17) is 4.74 Å². The molecule has 0 unspecified atom stereocenters. The van der Waals surface area contributed by atoms with E-state index in [2.05, 4.69) is 5.32 Å². The summed E-state index contributed by atoms with van der Waals surface area (Å²) in [6, 6.07) is 0.564. The van der Waals surface area contributed by atoms with E-state index in [-0.39, 0.29) is 5.75 Å². The van der Waals surface area contributed by atoms with Crippen molar-refractivity contribution in [2.75, 3.05) is 39.6 Å². The Labute approximate surface area is 98.2 Å². The second-order valence-electron chi connectivity index (χ2n) is 4.21. The largest absolute Gasteiger partial charge is 0.385 e. The average Bonchev–Trinajstić information content (AvgIpc) is 3.01. The lowest BCUT2D eigenvalue weighted by molar-refractivity contribution is 0.189. The van der Waals surface area contributed by atoms with Crippen LogP contribution in [0.2, 0.25) is 0 Å². The molecule has 0 bridgehead atoms. The molecule has 0 heterocycles. The Morgan fingerprint density at radius 2 is 2.12 bits per heavy atom. The fraction of sp³-hybridized carbons (Fsp3) is 1.00. The van der Waals surface area contributed by atoms with E-state index in [1.165, 1.54) is 17.1 Å². The predicted molar refractivity (Wildman–Crippen MR) is 63.9 cm³/mol. The van der Waals surface area contributed by atoms with E-state index in [1.807, 2.05) is 0 Å². The van der Waals surface area contributed by atoms with Crippen LogP contribution in [0, 0.1) is 0 Å². The third-order valence-corrected chi connectivity index (χ3v) is 4.52. The number of hydrogen-bond acceptors (Lipinski definition) is 4. The zero-order valence-corrected chi connectivity index (χ0v) is 10.9. The van der Waals surface area contributed by atoms with Gasteiger partial charge in [-0.25, -0.2) is 12.7 Å². The number of hydrogen-bond donors (Lipinski definition) is 1. The first-order chi connectivity index (χ1) is 7.56. The van der Waals surface area contributed by atoms with Gasteiger partial charge < -0.3 is 10.1 Å². The van der Waals surface area contributed by atoms with Crippen LogP contribution in [0.5, 0.6) is 0 Å². The monoisotopic (exact) mass is 250 g/mol. The number of sulfonamides is 1. The van der Waals surface area contributed by atoms with Crippen molar-refractivity contribution in [3.8, 4) is 0 Å². The van der Waals surface area contributed by atoms with E-state index in [9.17, 15) is 8.42 Å². The number of methoxy groups -OCH3 is 1. The standard InChI is InChI=1S/C10H22N2O3S/c1-12(7-3-8-15-2)16(13,14)9-6-11-10-4-5-10/h10-11H,3-9H2,1-2H3. The number of nitrogens with zero attached hydrogens (tertiary/aromatic N) is 1. The van der Waals surface area contributed by atoms with E-state index in [0.29, 0.717) is 25.7 Å². The molecular weight excluding hydrogens is 228 g/mol. The van der Waals surface area contributed by atoms with E-state index in [1.54, 1.807) is 14.2 Å². The Bertz CT molecular complexity index is 288. The molecule has 16 heavy (non-hydrogen) atoms.